The van der Waals surface area contributed by atoms with Gasteiger partial charge in [0.05, 0.1) is 7.11 Å². The molecule has 1 amide bonds. The molecule has 3 heterocycles. The van der Waals surface area contributed by atoms with Gasteiger partial charge in [-0.2, -0.15) is 0 Å². The van der Waals surface area contributed by atoms with Gasteiger partial charge in [0.2, 0.25) is 5.91 Å². The molecule has 2 fully saturated rings. The summed E-state index contributed by atoms with van der Waals surface area (Å²) in [5, 5.41) is 0. The van der Waals surface area contributed by atoms with Crippen LogP contribution in [0.4, 0.5) is 14.6 Å². The fraction of sp³-hybridized carbons (Fsp3) is 0.520. The molecule has 1 unspecified atom stereocenters. The summed E-state index contributed by atoms with van der Waals surface area (Å²) in [6.45, 7) is 5.97. The molecule has 1 aromatic carbocycles. The van der Waals surface area contributed by atoms with E-state index in [2.05, 4.69) is 4.90 Å². The molecule has 178 valence electrons. The van der Waals surface area contributed by atoms with Gasteiger partial charge in [-0.25, -0.2) is 13.8 Å². The lowest BCUT2D eigenvalue weighted by molar-refractivity contribution is -0.117. The molecular formula is C25H30F2IN3O2. The molecule has 0 saturated carbocycles. The minimum atomic E-state index is -0.851. The van der Waals surface area contributed by atoms with Crippen molar-refractivity contribution in [3.8, 4) is 5.75 Å². The maximum absolute atomic E-state index is 14.9. The standard InChI is InChI=1S/C25H30F2IN3O2/c1-15-11-18(33-3)12-20(26)25(15)19-13-24(32)31(16(19)2)23-6-4-5-21(29-23)17-7-9-30(10-8-17)14-22(27)28/h4-6,11-12,16-17,19,22H,7-10,13-14H2,1-3H3/t16-,19-,22?/m0/s1. The Bertz CT molecular complexity index is 988. The number of alkyl halides is 2. The molecule has 0 N–H and O–H groups in total. The minimum absolute atomic E-state index is 0.0439. The number of anilines is 1. The summed E-state index contributed by atoms with van der Waals surface area (Å²) in [6.07, 6.45) is 2.08. The number of nitrogens with zero attached hydrogens (tertiary/aromatic N) is 3. The molecule has 2 aromatic rings. The van der Waals surface area contributed by atoms with Gasteiger partial charge in [0.15, 0.2) is 4.18 Å². The zero-order valence-electron chi connectivity index (χ0n) is 19.2. The van der Waals surface area contributed by atoms with Gasteiger partial charge in [-0.05, 0) is 91.7 Å². The van der Waals surface area contributed by atoms with Crippen LogP contribution in [-0.2, 0) is 4.79 Å². The number of benzene rings is 1. The van der Waals surface area contributed by atoms with Crippen molar-refractivity contribution in [1.29, 1.82) is 0 Å². The summed E-state index contributed by atoms with van der Waals surface area (Å²) < 4.78 is 32.6. The molecular weight excluding hydrogens is 539 g/mol. The highest BCUT2D eigenvalue weighted by Gasteiger charge is 2.41. The monoisotopic (exact) mass is 569 g/mol. The number of piperidine rings is 1. The first-order chi connectivity index (χ1) is 15.8. The zero-order chi connectivity index (χ0) is 23.7. The second-order valence-corrected chi connectivity index (χ2v) is 10.4. The van der Waals surface area contributed by atoms with Gasteiger partial charge in [0.1, 0.15) is 17.4 Å². The number of carbonyl (C=O) groups excluding carboxylic acids is 1. The van der Waals surface area contributed by atoms with Crippen molar-refractivity contribution in [2.24, 2.45) is 0 Å². The van der Waals surface area contributed by atoms with Crippen LogP contribution >= 0.6 is 22.6 Å². The normalized spacial score (nSPS) is 23.2. The highest BCUT2D eigenvalue weighted by atomic mass is 127. The van der Waals surface area contributed by atoms with E-state index in [1.807, 2.05) is 60.7 Å². The Morgan fingerprint density at radius 1 is 1.27 bits per heavy atom. The Hall–Kier alpha value is -1.81. The van der Waals surface area contributed by atoms with Crippen LogP contribution in [0.1, 0.15) is 54.8 Å². The fourth-order valence-electron chi connectivity index (χ4n) is 5.26. The lowest BCUT2D eigenvalue weighted by Crippen LogP contribution is -2.36. The van der Waals surface area contributed by atoms with Crippen molar-refractivity contribution in [2.45, 2.75) is 55.2 Å². The van der Waals surface area contributed by atoms with E-state index < -0.39 is 4.18 Å². The predicted octanol–water partition coefficient (Wildman–Crippen LogP) is 5.36. The van der Waals surface area contributed by atoms with E-state index in [0.717, 1.165) is 37.2 Å². The Labute approximate surface area is 207 Å². The Morgan fingerprint density at radius 3 is 2.64 bits per heavy atom. The van der Waals surface area contributed by atoms with Gasteiger partial charge in [-0.1, -0.05) is 6.07 Å². The van der Waals surface area contributed by atoms with Crippen LogP contribution in [0.25, 0.3) is 0 Å². The Balaban J connectivity index is 1.53. The van der Waals surface area contributed by atoms with Crippen LogP contribution < -0.4 is 9.64 Å². The highest BCUT2D eigenvalue weighted by Crippen LogP contribution is 2.40. The summed E-state index contributed by atoms with van der Waals surface area (Å²) in [5.41, 5.74) is 2.33. The van der Waals surface area contributed by atoms with E-state index in [4.69, 9.17) is 9.72 Å². The number of carbonyl (C=O) groups is 1. The maximum Gasteiger partial charge on any atom is 0.229 e. The van der Waals surface area contributed by atoms with Crippen LogP contribution in [0, 0.1) is 12.7 Å². The average Bonchev–Trinajstić information content (AvgIpc) is 3.07. The smallest absolute Gasteiger partial charge is 0.229 e. The molecule has 1 aromatic heterocycles. The van der Waals surface area contributed by atoms with E-state index in [1.165, 1.54) is 13.2 Å². The summed E-state index contributed by atoms with van der Waals surface area (Å²) in [7, 11) is 1.51. The quantitative estimate of drug-likeness (QED) is 0.348. The fourth-order valence-corrected chi connectivity index (χ4v) is 5.82. The van der Waals surface area contributed by atoms with Gasteiger partial charge in [0.25, 0.3) is 0 Å². The molecule has 4 rings (SSSR count). The first kappa shape index (κ1) is 24.3. The Kier molecular flexibility index (Phi) is 7.53. The number of hydrogen-bond acceptors (Lipinski definition) is 4. The number of pyridine rings is 1. The third kappa shape index (κ3) is 5.16. The number of ether oxygens (including phenoxy) is 1. The van der Waals surface area contributed by atoms with Crippen molar-refractivity contribution < 1.29 is 18.3 Å². The molecule has 5 nitrogen and oxygen atoms in total. The van der Waals surface area contributed by atoms with Gasteiger partial charge in [0, 0.05) is 42.6 Å². The zero-order valence-corrected chi connectivity index (χ0v) is 21.4. The van der Waals surface area contributed by atoms with Crippen LogP contribution in [0.15, 0.2) is 30.3 Å². The molecule has 33 heavy (non-hydrogen) atoms. The van der Waals surface area contributed by atoms with E-state index in [0.29, 0.717) is 29.6 Å². The van der Waals surface area contributed by atoms with E-state index >= 15 is 0 Å². The number of aromatic nitrogens is 1. The maximum atomic E-state index is 14.9. The third-order valence-electron chi connectivity index (χ3n) is 6.97. The molecule has 0 aliphatic carbocycles. The van der Waals surface area contributed by atoms with E-state index in [9.17, 15) is 13.6 Å². The SMILES string of the molecule is COc1cc(C)c([C@H]2CC(=O)N(c3cccc(C4CCN(CC(F)I)CC4)n3)[C@H]2C)c(F)c1. The average molecular weight is 569 g/mol. The first-order valence-corrected chi connectivity index (χ1v) is 12.7. The summed E-state index contributed by atoms with van der Waals surface area (Å²) in [5.74, 6) is 0.755. The molecule has 8 heteroatoms. The van der Waals surface area contributed by atoms with Crippen LogP contribution in [0.3, 0.4) is 0 Å². The summed E-state index contributed by atoms with van der Waals surface area (Å²) in [6, 6.07) is 8.79. The summed E-state index contributed by atoms with van der Waals surface area (Å²) >= 11 is 1.82. The van der Waals surface area contributed by atoms with Gasteiger partial charge >= 0.3 is 0 Å². The molecule has 3 atom stereocenters. The third-order valence-corrected chi connectivity index (χ3v) is 7.37. The number of methoxy groups -OCH3 is 1. The van der Waals surface area contributed by atoms with Crippen molar-refractivity contribution in [3.05, 3.63) is 53.0 Å². The van der Waals surface area contributed by atoms with Crippen LogP contribution in [0.5, 0.6) is 5.75 Å². The van der Waals surface area contributed by atoms with Crippen molar-refractivity contribution in [3.63, 3.8) is 0 Å². The largest absolute Gasteiger partial charge is 0.497 e. The van der Waals surface area contributed by atoms with Crippen molar-refractivity contribution >= 4 is 34.3 Å². The summed E-state index contributed by atoms with van der Waals surface area (Å²) in [4.78, 5) is 21.8. The van der Waals surface area contributed by atoms with Gasteiger partial charge in [-0.3, -0.25) is 14.6 Å². The molecule has 0 spiro atoms. The number of likely N-dealkylation sites (tertiary alicyclic amines) is 1. The van der Waals surface area contributed by atoms with Crippen LogP contribution in [0.2, 0.25) is 0 Å². The van der Waals surface area contributed by atoms with Crippen LogP contribution in [-0.4, -0.2) is 52.8 Å². The molecule has 0 radical (unpaired) electrons. The second-order valence-electron chi connectivity index (χ2n) is 9.04. The lowest BCUT2D eigenvalue weighted by Gasteiger charge is -2.32. The lowest BCUT2D eigenvalue weighted by atomic mass is 9.88. The number of aryl methyl sites for hydroxylation is 1. The minimum Gasteiger partial charge on any atom is -0.497 e. The number of halogens is 3. The molecule has 2 aliphatic rings. The number of rotatable bonds is 6. The van der Waals surface area contributed by atoms with E-state index in [1.54, 1.807) is 4.90 Å². The van der Waals surface area contributed by atoms with Crippen molar-refractivity contribution in [1.82, 2.24) is 9.88 Å². The number of amides is 1. The topological polar surface area (TPSA) is 45.7 Å². The predicted molar refractivity (Wildman–Crippen MR) is 134 cm³/mol. The van der Waals surface area contributed by atoms with E-state index in [-0.39, 0.29) is 30.1 Å². The first-order valence-electron chi connectivity index (χ1n) is 11.4. The molecule has 2 saturated heterocycles. The second kappa shape index (κ2) is 10.2. The van der Waals surface area contributed by atoms with Gasteiger partial charge in [-0.15, -0.1) is 0 Å². The molecule has 0 bridgehead atoms. The van der Waals surface area contributed by atoms with Crippen molar-refractivity contribution in [2.75, 3.05) is 31.6 Å². The molecule has 2 aliphatic heterocycles. The number of hydrogen-bond donors (Lipinski definition) is 0. The highest BCUT2D eigenvalue weighted by molar-refractivity contribution is 14.1. The van der Waals surface area contributed by atoms with Gasteiger partial charge < -0.3 is 4.74 Å². The Morgan fingerprint density at radius 2 is 2.00 bits per heavy atom.